The van der Waals surface area contributed by atoms with Crippen molar-refractivity contribution in [1.29, 1.82) is 0 Å². The summed E-state index contributed by atoms with van der Waals surface area (Å²) < 4.78 is 17.0. The molecule has 0 N–H and O–H groups in total. The van der Waals surface area contributed by atoms with Gasteiger partial charge in [-0.2, -0.15) is 0 Å². The molecule has 1 heterocycles. The Kier molecular flexibility index (Phi) is 8.08. The van der Waals surface area contributed by atoms with E-state index in [1.165, 1.54) is 5.56 Å². The Morgan fingerprint density at radius 1 is 0.912 bits per heavy atom. The molecule has 1 saturated heterocycles. The monoisotopic (exact) mass is 459 g/mol. The van der Waals surface area contributed by atoms with Crippen LogP contribution in [0.4, 0.5) is 0 Å². The number of benzene rings is 3. The molecule has 3 aromatic rings. The highest BCUT2D eigenvalue weighted by molar-refractivity contribution is 5.94. The molecule has 4 rings (SSSR count). The molecule has 5 heteroatoms. The number of hydrogen-bond donors (Lipinski definition) is 0. The van der Waals surface area contributed by atoms with E-state index in [0.717, 1.165) is 55.2 Å². The van der Waals surface area contributed by atoms with Crippen LogP contribution in [0, 0.1) is 5.92 Å². The van der Waals surface area contributed by atoms with Gasteiger partial charge in [0.25, 0.3) is 5.91 Å². The van der Waals surface area contributed by atoms with Gasteiger partial charge in [-0.3, -0.25) is 4.79 Å². The summed E-state index contributed by atoms with van der Waals surface area (Å²) in [6, 6.07) is 23.7. The molecule has 0 aromatic heterocycles. The van der Waals surface area contributed by atoms with Crippen LogP contribution >= 0.6 is 0 Å². The minimum absolute atomic E-state index is 0.0758. The summed E-state index contributed by atoms with van der Waals surface area (Å²) in [5, 5.41) is 0. The lowest BCUT2D eigenvalue weighted by Gasteiger charge is -2.32. The van der Waals surface area contributed by atoms with Crippen molar-refractivity contribution in [3.05, 3.63) is 89.5 Å². The van der Waals surface area contributed by atoms with Crippen LogP contribution in [0.2, 0.25) is 0 Å². The van der Waals surface area contributed by atoms with Gasteiger partial charge in [-0.25, -0.2) is 0 Å². The minimum atomic E-state index is 0.0758. The van der Waals surface area contributed by atoms with Gasteiger partial charge in [-0.05, 0) is 80.1 Å². The van der Waals surface area contributed by atoms with Crippen LogP contribution in [0.25, 0.3) is 0 Å². The smallest absolute Gasteiger partial charge is 0.253 e. The minimum Gasteiger partial charge on any atom is -0.497 e. The second-order valence-corrected chi connectivity index (χ2v) is 8.65. The molecule has 0 atom stereocenters. The van der Waals surface area contributed by atoms with Gasteiger partial charge in [0.15, 0.2) is 0 Å². The van der Waals surface area contributed by atoms with Gasteiger partial charge >= 0.3 is 0 Å². The number of rotatable bonds is 9. The molecule has 1 fully saturated rings. The lowest BCUT2D eigenvalue weighted by atomic mass is 9.90. The number of carbonyl (C=O) groups is 1. The molecule has 0 radical (unpaired) electrons. The largest absolute Gasteiger partial charge is 0.497 e. The van der Waals surface area contributed by atoms with Crippen LogP contribution < -0.4 is 14.2 Å². The Hall–Kier alpha value is -3.47. The van der Waals surface area contributed by atoms with Crippen molar-refractivity contribution in [2.24, 2.45) is 5.92 Å². The summed E-state index contributed by atoms with van der Waals surface area (Å²) >= 11 is 0. The molecule has 1 aliphatic heterocycles. The Morgan fingerprint density at radius 2 is 1.62 bits per heavy atom. The number of amides is 1. The Balaban J connectivity index is 1.39. The second-order valence-electron chi connectivity index (χ2n) is 8.65. The number of methoxy groups -OCH3 is 1. The van der Waals surface area contributed by atoms with Crippen molar-refractivity contribution in [2.45, 2.75) is 32.8 Å². The van der Waals surface area contributed by atoms with Crippen molar-refractivity contribution in [2.75, 3.05) is 26.8 Å². The highest BCUT2D eigenvalue weighted by Gasteiger charge is 2.24. The van der Waals surface area contributed by atoms with Crippen molar-refractivity contribution in [1.82, 2.24) is 4.90 Å². The van der Waals surface area contributed by atoms with E-state index < -0.39 is 0 Å². The molecular weight excluding hydrogens is 426 g/mol. The van der Waals surface area contributed by atoms with E-state index in [2.05, 4.69) is 30.3 Å². The van der Waals surface area contributed by atoms with Gasteiger partial charge in [0.1, 0.15) is 23.9 Å². The van der Waals surface area contributed by atoms with Gasteiger partial charge in [0.05, 0.1) is 13.7 Å². The SMILES string of the molecule is CCOc1ccc(C(=O)N2CCC(Cc3ccccc3)CC2)cc1COc1ccc(OC)cc1. The van der Waals surface area contributed by atoms with E-state index in [4.69, 9.17) is 14.2 Å². The number of ether oxygens (including phenoxy) is 3. The molecule has 5 nitrogen and oxygen atoms in total. The summed E-state index contributed by atoms with van der Waals surface area (Å²) in [5.74, 6) is 2.96. The molecule has 34 heavy (non-hydrogen) atoms. The maximum absolute atomic E-state index is 13.3. The fourth-order valence-electron chi connectivity index (χ4n) is 4.42. The van der Waals surface area contributed by atoms with Crippen LogP contribution in [0.3, 0.4) is 0 Å². The first kappa shape index (κ1) is 23.7. The average Bonchev–Trinajstić information content (AvgIpc) is 2.89. The van der Waals surface area contributed by atoms with Crippen LogP contribution in [0.5, 0.6) is 17.2 Å². The van der Waals surface area contributed by atoms with Crippen LogP contribution in [0.1, 0.15) is 41.3 Å². The first-order chi connectivity index (χ1) is 16.7. The molecule has 1 aliphatic rings. The summed E-state index contributed by atoms with van der Waals surface area (Å²) in [6.45, 7) is 4.41. The van der Waals surface area contributed by atoms with Crippen molar-refractivity contribution in [3.8, 4) is 17.2 Å². The number of carbonyl (C=O) groups excluding carboxylic acids is 1. The van der Waals surface area contributed by atoms with E-state index in [1.807, 2.05) is 54.3 Å². The van der Waals surface area contributed by atoms with Crippen molar-refractivity contribution < 1.29 is 19.0 Å². The summed E-state index contributed by atoms with van der Waals surface area (Å²) in [4.78, 5) is 15.2. The average molecular weight is 460 g/mol. The number of hydrogen-bond acceptors (Lipinski definition) is 4. The molecule has 0 unspecified atom stereocenters. The van der Waals surface area contributed by atoms with Crippen molar-refractivity contribution in [3.63, 3.8) is 0 Å². The standard InChI is InChI=1S/C29H33NO4/c1-3-33-28-14-9-24(20-25(28)21-34-27-12-10-26(32-2)11-13-27)29(31)30-17-15-23(16-18-30)19-22-7-5-4-6-8-22/h4-14,20,23H,3,15-19,21H2,1-2H3. The Morgan fingerprint density at radius 3 is 2.29 bits per heavy atom. The third-order valence-electron chi connectivity index (χ3n) is 6.33. The van der Waals surface area contributed by atoms with E-state index in [0.29, 0.717) is 24.7 Å². The Bertz CT molecular complexity index is 1060. The van der Waals surface area contributed by atoms with E-state index >= 15 is 0 Å². The lowest BCUT2D eigenvalue weighted by molar-refractivity contribution is 0.0690. The summed E-state index contributed by atoms with van der Waals surface area (Å²) in [7, 11) is 1.64. The molecule has 0 saturated carbocycles. The number of piperidine rings is 1. The predicted octanol–water partition coefficient (Wildman–Crippen LogP) is 5.77. The lowest BCUT2D eigenvalue weighted by Crippen LogP contribution is -2.39. The highest BCUT2D eigenvalue weighted by atomic mass is 16.5. The molecular formula is C29H33NO4. The molecule has 0 bridgehead atoms. The first-order valence-electron chi connectivity index (χ1n) is 12.0. The summed E-state index contributed by atoms with van der Waals surface area (Å²) in [5.41, 5.74) is 2.92. The second kappa shape index (κ2) is 11.6. The molecule has 178 valence electrons. The third kappa shape index (κ3) is 6.10. The van der Waals surface area contributed by atoms with Crippen molar-refractivity contribution >= 4 is 5.91 Å². The maximum atomic E-state index is 13.3. The zero-order valence-corrected chi connectivity index (χ0v) is 20.0. The van der Waals surface area contributed by atoms with Gasteiger partial charge in [0, 0.05) is 24.2 Å². The predicted molar refractivity (Wildman–Crippen MR) is 134 cm³/mol. The van der Waals surface area contributed by atoms with E-state index in [1.54, 1.807) is 7.11 Å². The fraction of sp³-hybridized carbons (Fsp3) is 0.345. The highest BCUT2D eigenvalue weighted by Crippen LogP contribution is 2.27. The zero-order chi connectivity index (χ0) is 23.8. The topological polar surface area (TPSA) is 48.0 Å². The number of likely N-dealkylation sites (tertiary alicyclic amines) is 1. The normalized spacial score (nSPS) is 14.0. The van der Waals surface area contributed by atoms with Gasteiger partial charge in [-0.1, -0.05) is 30.3 Å². The quantitative estimate of drug-likeness (QED) is 0.408. The fourth-order valence-corrected chi connectivity index (χ4v) is 4.42. The van der Waals surface area contributed by atoms with Crippen LogP contribution in [-0.2, 0) is 13.0 Å². The molecule has 1 amide bonds. The third-order valence-corrected chi connectivity index (χ3v) is 6.33. The van der Waals surface area contributed by atoms with E-state index in [9.17, 15) is 4.79 Å². The van der Waals surface area contributed by atoms with Gasteiger partial charge < -0.3 is 19.1 Å². The van der Waals surface area contributed by atoms with Crippen LogP contribution in [-0.4, -0.2) is 37.6 Å². The molecule has 0 spiro atoms. The molecule has 3 aromatic carbocycles. The first-order valence-corrected chi connectivity index (χ1v) is 12.0. The molecule has 0 aliphatic carbocycles. The van der Waals surface area contributed by atoms with E-state index in [-0.39, 0.29) is 5.91 Å². The van der Waals surface area contributed by atoms with Gasteiger partial charge in [0.2, 0.25) is 0 Å². The van der Waals surface area contributed by atoms with Gasteiger partial charge in [-0.15, -0.1) is 0 Å². The Labute approximate surface area is 202 Å². The zero-order valence-electron chi connectivity index (χ0n) is 20.0. The maximum Gasteiger partial charge on any atom is 0.253 e. The summed E-state index contributed by atoms with van der Waals surface area (Å²) in [6.07, 6.45) is 3.15. The number of nitrogens with zero attached hydrogens (tertiary/aromatic N) is 1. The van der Waals surface area contributed by atoms with Crippen LogP contribution in [0.15, 0.2) is 72.8 Å².